The van der Waals surface area contributed by atoms with Gasteiger partial charge in [-0.25, -0.2) is 5.10 Å². The maximum Gasteiger partial charge on any atom is 0.272 e. The number of nitrogens with one attached hydrogen (secondary N) is 3. The van der Waals surface area contributed by atoms with Crippen molar-refractivity contribution in [2.24, 2.45) is 0 Å². The topological polar surface area (TPSA) is 131 Å². The van der Waals surface area contributed by atoms with Crippen molar-refractivity contribution in [3.05, 3.63) is 76.3 Å². The minimum absolute atomic E-state index is 0.0410. The number of hydrogen-bond acceptors (Lipinski definition) is 5. The molecule has 2 aromatic heterocycles. The maximum absolute atomic E-state index is 12.7. The Hall–Kier alpha value is -3.94. The molecule has 8 nitrogen and oxygen atoms in total. The number of aromatic amines is 2. The van der Waals surface area contributed by atoms with Crippen molar-refractivity contribution in [1.29, 1.82) is 0 Å². The first-order valence-electron chi connectivity index (χ1n) is 8.58. The molecule has 0 radical (unpaired) electrons. The number of carbonyl (C=O) groups excluding carboxylic acids is 2. The normalized spacial score (nSPS) is 12.1. The van der Waals surface area contributed by atoms with Gasteiger partial charge in [-0.3, -0.25) is 9.59 Å². The van der Waals surface area contributed by atoms with Crippen LogP contribution >= 0.6 is 0 Å². The Balaban J connectivity index is 1.64. The van der Waals surface area contributed by atoms with Crippen LogP contribution in [0.4, 0.5) is 0 Å². The number of aliphatic carboxylic acids is 1. The van der Waals surface area contributed by atoms with Crippen molar-refractivity contribution >= 4 is 33.6 Å². The van der Waals surface area contributed by atoms with Crippen LogP contribution in [0.1, 0.15) is 16.1 Å². The average Bonchev–Trinajstić information content (AvgIpc) is 3.11. The van der Waals surface area contributed by atoms with Crippen LogP contribution < -0.4 is 16.0 Å². The van der Waals surface area contributed by atoms with Gasteiger partial charge in [-0.15, -0.1) is 0 Å². The number of carboxylic acid groups (broad SMARTS) is 1. The van der Waals surface area contributed by atoms with E-state index in [2.05, 4.69) is 20.5 Å². The molecule has 3 N–H and O–H groups in total. The number of nitrogens with zero attached hydrogens (tertiary/aromatic N) is 1. The molecule has 0 spiro atoms. The van der Waals surface area contributed by atoms with Crippen molar-refractivity contribution in [3.8, 4) is 0 Å². The summed E-state index contributed by atoms with van der Waals surface area (Å²) in [6, 6.07) is 12.7. The summed E-state index contributed by atoms with van der Waals surface area (Å²) < 4.78 is 0. The Labute approximate surface area is 158 Å². The number of aromatic nitrogens is 3. The van der Waals surface area contributed by atoms with Gasteiger partial charge in [-0.2, -0.15) is 5.10 Å². The Morgan fingerprint density at radius 1 is 1.04 bits per heavy atom. The minimum atomic E-state index is -1.41. The van der Waals surface area contributed by atoms with Gasteiger partial charge in [0.15, 0.2) is 5.69 Å². The highest BCUT2D eigenvalue weighted by atomic mass is 16.4. The van der Waals surface area contributed by atoms with Gasteiger partial charge in [-0.05, 0) is 17.7 Å². The molecule has 0 bridgehead atoms. The fraction of sp³-hybridized carbons (Fsp3) is 0.100. The van der Waals surface area contributed by atoms with Gasteiger partial charge in [0.1, 0.15) is 0 Å². The van der Waals surface area contributed by atoms with E-state index in [1.54, 1.807) is 30.5 Å². The number of H-pyrrole nitrogens is 2. The van der Waals surface area contributed by atoms with E-state index in [0.717, 1.165) is 16.5 Å². The summed E-state index contributed by atoms with van der Waals surface area (Å²) in [5, 5.41) is 21.6. The lowest BCUT2D eigenvalue weighted by Crippen LogP contribution is -2.49. The Kier molecular flexibility index (Phi) is 4.36. The minimum Gasteiger partial charge on any atom is -0.548 e. The van der Waals surface area contributed by atoms with Crippen molar-refractivity contribution in [2.45, 2.75) is 12.5 Å². The maximum atomic E-state index is 12.7. The Morgan fingerprint density at radius 3 is 2.46 bits per heavy atom. The highest BCUT2D eigenvalue weighted by Gasteiger charge is 2.20. The quantitative estimate of drug-likeness (QED) is 0.467. The van der Waals surface area contributed by atoms with Crippen LogP contribution in [0.2, 0.25) is 0 Å². The van der Waals surface area contributed by atoms with E-state index in [0.29, 0.717) is 10.8 Å². The molecule has 0 unspecified atom stereocenters. The summed E-state index contributed by atoms with van der Waals surface area (Å²) in [5.74, 6) is -2.12. The third kappa shape index (κ3) is 3.11. The molecule has 2 aromatic carbocycles. The van der Waals surface area contributed by atoms with Gasteiger partial charge in [0.05, 0.1) is 17.4 Å². The van der Waals surface area contributed by atoms with E-state index < -0.39 is 23.5 Å². The molecule has 0 aliphatic rings. The number of benzene rings is 2. The van der Waals surface area contributed by atoms with Crippen LogP contribution in [0.5, 0.6) is 0 Å². The van der Waals surface area contributed by atoms with Crippen LogP contribution in [0.25, 0.3) is 21.7 Å². The van der Waals surface area contributed by atoms with Crippen molar-refractivity contribution in [1.82, 2.24) is 20.5 Å². The molecule has 1 amide bonds. The summed E-state index contributed by atoms with van der Waals surface area (Å²) in [7, 11) is 0. The number of hydrogen-bond donors (Lipinski definition) is 3. The second-order valence-electron chi connectivity index (χ2n) is 6.36. The highest BCUT2D eigenvalue weighted by Crippen LogP contribution is 2.19. The second kappa shape index (κ2) is 6.99. The van der Waals surface area contributed by atoms with E-state index in [-0.39, 0.29) is 12.1 Å². The summed E-state index contributed by atoms with van der Waals surface area (Å²) in [6.07, 6.45) is 1.75. The molecule has 28 heavy (non-hydrogen) atoms. The van der Waals surface area contributed by atoms with Crippen LogP contribution in [0.3, 0.4) is 0 Å². The van der Waals surface area contributed by atoms with Gasteiger partial charge in [0.2, 0.25) is 0 Å². The Bertz CT molecular complexity index is 1260. The lowest BCUT2D eigenvalue weighted by atomic mass is 10.0. The number of rotatable bonds is 5. The molecule has 0 aliphatic heterocycles. The molecule has 0 aliphatic carbocycles. The van der Waals surface area contributed by atoms with Crippen LogP contribution in [0, 0.1) is 0 Å². The highest BCUT2D eigenvalue weighted by molar-refractivity contribution is 6.05. The SMILES string of the molecule is O=C(N[C@@H](Cc1c[nH]c2ccccc12)C(=O)[O-])c1n[nH]c(=O)c2ccccc12. The molecule has 8 heteroatoms. The zero-order valence-corrected chi connectivity index (χ0v) is 14.6. The van der Waals surface area contributed by atoms with Crippen LogP contribution in [0.15, 0.2) is 59.5 Å². The molecular formula is C20H15N4O4-. The standard InChI is InChI=1S/C20H16N4O4/c25-18-14-7-2-1-6-13(14)17(23-24-18)19(26)22-16(20(27)28)9-11-10-21-15-8-4-3-5-12(11)15/h1-8,10,16,21H,9H2,(H,22,26)(H,24,25)(H,27,28)/p-1/t16-/m0/s1. The first-order valence-corrected chi connectivity index (χ1v) is 8.58. The smallest absolute Gasteiger partial charge is 0.272 e. The summed E-state index contributed by atoms with van der Waals surface area (Å²) in [6.45, 7) is 0. The van der Waals surface area contributed by atoms with Crippen LogP contribution in [-0.4, -0.2) is 33.1 Å². The molecule has 2 heterocycles. The monoisotopic (exact) mass is 375 g/mol. The zero-order chi connectivity index (χ0) is 19.7. The molecule has 0 saturated carbocycles. The molecule has 140 valence electrons. The second-order valence-corrected chi connectivity index (χ2v) is 6.36. The van der Waals surface area contributed by atoms with Crippen molar-refractivity contribution in [2.75, 3.05) is 0 Å². The largest absolute Gasteiger partial charge is 0.548 e. The van der Waals surface area contributed by atoms with Crippen molar-refractivity contribution < 1.29 is 14.7 Å². The molecule has 1 atom stereocenters. The van der Waals surface area contributed by atoms with E-state index in [1.165, 1.54) is 0 Å². The van der Waals surface area contributed by atoms with Crippen LogP contribution in [-0.2, 0) is 11.2 Å². The number of fused-ring (bicyclic) bond motifs is 2. The number of para-hydroxylation sites is 1. The van der Waals surface area contributed by atoms with E-state index >= 15 is 0 Å². The van der Waals surface area contributed by atoms with E-state index in [4.69, 9.17) is 0 Å². The third-order valence-corrected chi connectivity index (χ3v) is 4.60. The third-order valence-electron chi connectivity index (χ3n) is 4.60. The lowest BCUT2D eigenvalue weighted by molar-refractivity contribution is -0.308. The van der Waals surface area contributed by atoms with Gasteiger partial charge in [-0.1, -0.05) is 36.4 Å². The molecule has 4 rings (SSSR count). The molecule has 0 fully saturated rings. The summed E-state index contributed by atoms with van der Waals surface area (Å²) in [5.41, 5.74) is 1.13. The lowest BCUT2D eigenvalue weighted by Gasteiger charge is -2.19. The fourth-order valence-electron chi connectivity index (χ4n) is 3.23. The number of carbonyl (C=O) groups is 2. The van der Waals surface area contributed by atoms with Gasteiger partial charge >= 0.3 is 0 Å². The number of carboxylic acids is 1. The van der Waals surface area contributed by atoms with Gasteiger partial charge in [0, 0.05) is 28.9 Å². The molecular weight excluding hydrogens is 360 g/mol. The predicted octanol–water partition coefficient (Wildman–Crippen LogP) is 0.495. The molecule has 4 aromatic rings. The zero-order valence-electron chi connectivity index (χ0n) is 14.6. The first kappa shape index (κ1) is 17.5. The van der Waals surface area contributed by atoms with Crippen molar-refractivity contribution in [3.63, 3.8) is 0 Å². The molecule has 0 saturated heterocycles. The summed E-state index contributed by atoms with van der Waals surface area (Å²) >= 11 is 0. The average molecular weight is 375 g/mol. The first-order chi connectivity index (χ1) is 13.5. The van der Waals surface area contributed by atoms with Gasteiger partial charge in [0.25, 0.3) is 11.5 Å². The van der Waals surface area contributed by atoms with E-state index in [9.17, 15) is 19.5 Å². The number of amides is 1. The fourth-order valence-corrected chi connectivity index (χ4v) is 3.23. The predicted molar refractivity (Wildman–Crippen MR) is 101 cm³/mol. The van der Waals surface area contributed by atoms with Gasteiger partial charge < -0.3 is 20.2 Å². The summed E-state index contributed by atoms with van der Waals surface area (Å²) in [4.78, 5) is 39.2. The Morgan fingerprint density at radius 2 is 1.71 bits per heavy atom. The van der Waals surface area contributed by atoms with E-state index in [1.807, 2.05) is 24.3 Å².